The number of nitrogens with one attached hydrogen (secondary N) is 1. The molecule has 0 spiro atoms. The van der Waals surface area contributed by atoms with E-state index in [0.717, 1.165) is 23.1 Å². The topological polar surface area (TPSA) is 88.4 Å². The highest BCUT2D eigenvalue weighted by Crippen LogP contribution is 2.37. The van der Waals surface area contributed by atoms with Gasteiger partial charge in [-0.2, -0.15) is 0 Å². The summed E-state index contributed by atoms with van der Waals surface area (Å²) in [6.07, 6.45) is 0. The van der Waals surface area contributed by atoms with E-state index in [1.807, 2.05) is 19.2 Å². The SMILES string of the molecule is Cc1csc(Sc2ccc(C(=O)N3CCNC[C@H]3C)cc2[N+](=O)[O-])n1. The van der Waals surface area contributed by atoms with E-state index < -0.39 is 4.92 Å². The van der Waals surface area contributed by atoms with Gasteiger partial charge >= 0.3 is 0 Å². The van der Waals surface area contributed by atoms with Gasteiger partial charge in [-0.05, 0) is 26.0 Å². The molecule has 1 saturated heterocycles. The number of hydrogen-bond acceptors (Lipinski definition) is 7. The van der Waals surface area contributed by atoms with Gasteiger partial charge in [-0.3, -0.25) is 14.9 Å². The number of amides is 1. The van der Waals surface area contributed by atoms with Crippen LogP contribution in [0.2, 0.25) is 0 Å². The van der Waals surface area contributed by atoms with Crippen LogP contribution in [-0.4, -0.2) is 46.4 Å². The second kappa shape index (κ2) is 7.51. The van der Waals surface area contributed by atoms with Gasteiger partial charge in [0.1, 0.15) is 0 Å². The van der Waals surface area contributed by atoms with Crippen LogP contribution in [0.1, 0.15) is 23.0 Å². The number of rotatable bonds is 4. The standard InChI is InChI=1S/C16H18N4O3S2/c1-10-9-24-16(18-10)25-14-4-3-12(7-13(14)20(22)23)15(21)19-6-5-17-8-11(19)2/h3-4,7,9,11,17H,5-6,8H2,1-2H3/t11-/m1/s1. The quantitative estimate of drug-likeness (QED) is 0.650. The molecule has 0 unspecified atom stereocenters. The summed E-state index contributed by atoms with van der Waals surface area (Å²) in [7, 11) is 0. The summed E-state index contributed by atoms with van der Waals surface area (Å²) in [6, 6.07) is 4.74. The van der Waals surface area contributed by atoms with E-state index in [1.54, 1.807) is 17.0 Å². The zero-order valence-electron chi connectivity index (χ0n) is 13.9. The summed E-state index contributed by atoms with van der Waals surface area (Å²) in [5.41, 5.74) is 1.17. The van der Waals surface area contributed by atoms with Crippen molar-refractivity contribution in [1.29, 1.82) is 0 Å². The lowest BCUT2D eigenvalue weighted by Gasteiger charge is -2.34. The van der Waals surface area contributed by atoms with E-state index in [0.29, 0.717) is 17.0 Å². The van der Waals surface area contributed by atoms with Crippen molar-refractivity contribution in [3.05, 3.63) is 45.0 Å². The van der Waals surface area contributed by atoms with E-state index in [2.05, 4.69) is 10.3 Å². The molecule has 9 heteroatoms. The number of nitro groups is 1. The van der Waals surface area contributed by atoms with Gasteiger partial charge in [-0.25, -0.2) is 4.98 Å². The Morgan fingerprint density at radius 1 is 1.52 bits per heavy atom. The van der Waals surface area contributed by atoms with Gasteiger partial charge in [0.2, 0.25) is 0 Å². The van der Waals surface area contributed by atoms with Crippen LogP contribution in [-0.2, 0) is 0 Å². The Labute approximate surface area is 153 Å². The summed E-state index contributed by atoms with van der Waals surface area (Å²) in [4.78, 5) is 30.3. The molecule has 1 N–H and O–H groups in total. The van der Waals surface area contributed by atoms with Crippen molar-refractivity contribution in [3.63, 3.8) is 0 Å². The third kappa shape index (κ3) is 4.00. The number of aromatic nitrogens is 1. The van der Waals surface area contributed by atoms with Crippen LogP contribution in [0.15, 0.2) is 32.8 Å². The Bertz CT molecular complexity index is 808. The van der Waals surface area contributed by atoms with Crippen LogP contribution in [0.25, 0.3) is 0 Å². The lowest BCUT2D eigenvalue weighted by atomic mass is 10.1. The number of nitrogens with zero attached hydrogens (tertiary/aromatic N) is 3. The van der Waals surface area contributed by atoms with E-state index in [-0.39, 0.29) is 17.6 Å². The summed E-state index contributed by atoms with van der Waals surface area (Å²) < 4.78 is 0.746. The van der Waals surface area contributed by atoms with Crippen LogP contribution in [0.4, 0.5) is 5.69 Å². The Morgan fingerprint density at radius 3 is 2.96 bits per heavy atom. The number of carbonyl (C=O) groups is 1. The number of carbonyl (C=O) groups excluding carboxylic acids is 1. The Kier molecular flexibility index (Phi) is 5.36. The highest BCUT2D eigenvalue weighted by molar-refractivity contribution is 8.01. The van der Waals surface area contributed by atoms with Gasteiger partial charge in [-0.1, -0.05) is 11.8 Å². The molecule has 1 aliphatic rings. The third-order valence-corrected chi connectivity index (χ3v) is 6.08. The first-order chi connectivity index (χ1) is 12.0. The molecule has 1 atom stereocenters. The molecule has 1 fully saturated rings. The zero-order valence-corrected chi connectivity index (χ0v) is 15.5. The molecule has 0 bridgehead atoms. The van der Waals surface area contributed by atoms with Gasteiger partial charge in [0.15, 0.2) is 4.34 Å². The van der Waals surface area contributed by atoms with Crippen molar-refractivity contribution in [3.8, 4) is 0 Å². The molecule has 1 amide bonds. The molecule has 1 aromatic carbocycles. The molecule has 1 aliphatic heterocycles. The summed E-state index contributed by atoms with van der Waals surface area (Å²) >= 11 is 2.70. The van der Waals surface area contributed by atoms with Gasteiger partial charge in [0.05, 0.1) is 9.82 Å². The van der Waals surface area contributed by atoms with E-state index in [9.17, 15) is 14.9 Å². The minimum absolute atomic E-state index is 0.0626. The molecule has 1 aromatic heterocycles. The molecule has 0 saturated carbocycles. The predicted molar refractivity (Wildman–Crippen MR) is 97.4 cm³/mol. The van der Waals surface area contributed by atoms with E-state index in [4.69, 9.17) is 0 Å². The lowest BCUT2D eigenvalue weighted by molar-refractivity contribution is -0.387. The van der Waals surface area contributed by atoms with Crippen molar-refractivity contribution < 1.29 is 9.72 Å². The smallest absolute Gasteiger partial charge is 0.284 e. The fourth-order valence-electron chi connectivity index (χ4n) is 2.66. The second-order valence-electron chi connectivity index (χ2n) is 5.85. The van der Waals surface area contributed by atoms with E-state index >= 15 is 0 Å². The monoisotopic (exact) mass is 378 g/mol. The second-order valence-corrected chi connectivity index (χ2v) is 8.00. The predicted octanol–water partition coefficient (Wildman–Crippen LogP) is 2.94. The van der Waals surface area contributed by atoms with Crippen molar-refractivity contribution >= 4 is 34.7 Å². The maximum atomic E-state index is 12.7. The number of nitro benzene ring substituents is 1. The normalized spacial score (nSPS) is 17.5. The number of thiazole rings is 1. The first kappa shape index (κ1) is 17.8. The number of piperazine rings is 1. The fraction of sp³-hybridized carbons (Fsp3) is 0.375. The third-order valence-electron chi connectivity index (χ3n) is 3.96. The molecule has 25 heavy (non-hydrogen) atoms. The number of aryl methyl sites for hydroxylation is 1. The van der Waals surface area contributed by atoms with Crippen molar-refractivity contribution in [2.75, 3.05) is 19.6 Å². The van der Waals surface area contributed by atoms with E-state index in [1.165, 1.54) is 29.2 Å². The molecule has 2 heterocycles. The Balaban J connectivity index is 1.88. The maximum absolute atomic E-state index is 12.7. The molecule has 0 radical (unpaired) electrons. The van der Waals surface area contributed by atoms with Crippen LogP contribution in [0.5, 0.6) is 0 Å². The Hall–Kier alpha value is -1.97. The molecule has 132 valence electrons. The molecule has 3 rings (SSSR count). The average Bonchev–Trinajstić information content (AvgIpc) is 3.00. The zero-order chi connectivity index (χ0) is 18.0. The molecular formula is C16H18N4O3S2. The molecule has 2 aromatic rings. The summed E-state index contributed by atoms with van der Waals surface area (Å²) in [5.74, 6) is -0.168. The van der Waals surface area contributed by atoms with Gasteiger partial charge < -0.3 is 10.2 Å². The summed E-state index contributed by atoms with van der Waals surface area (Å²) in [5, 5.41) is 16.6. The van der Waals surface area contributed by atoms with Crippen LogP contribution >= 0.6 is 23.1 Å². The number of benzene rings is 1. The lowest BCUT2D eigenvalue weighted by Crippen LogP contribution is -2.52. The highest BCUT2D eigenvalue weighted by Gasteiger charge is 2.26. The van der Waals surface area contributed by atoms with Gasteiger partial charge in [-0.15, -0.1) is 11.3 Å². The highest BCUT2D eigenvalue weighted by atomic mass is 32.2. The van der Waals surface area contributed by atoms with Crippen molar-refractivity contribution in [2.24, 2.45) is 0 Å². The number of hydrogen-bond donors (Lipinski definition) is 1. The average molecular weight is 378 g/mol. The molecular weight excluding hydrogens is 360 g/mol. The minimum atomic E-state index is -0.444. The summed E-state index contributed by atoms with van der Waals surface area (Å²) in [6.45, 7) is 5.90. The molecule has 0 aliphatic carbocycles. The maximum Gasteiger partial charge on any atom is 0.284 e. The van der Waals surface area contributed by atoms with Crippen LogP contribution < -0.4 is 5.32 Å². The largest absolute Gasteiger partial charge is 0.333 e. The van der Waals surface area contributed by atoms with Crippen molar-refractivity contribution in [2.45, 2.75) is 29.1 Å². The van der Waals surface area contributed by atoms with Crippen molar-refractivity contribution in [1.82, 2.24) is 15.2 Å². The van der Waals surface area contributed by atoms with Crippen LogP contribution in [0, 0.1) is 17.0 Å². The van der Waals surface area contributed by atoms with Gasteiger partial charge in [0.25, 0.3) is 11.6 Å². The minimum Gasteiger partial charge on any atom is -0.333 e. The van der Waals surface area contributed by atoms with Crippen LogP contribution in [0.3, 0.4) is 0 Å². The fourth-order valence-corrected chi connectivity index (χ4v) is 4.54. The first-order valence-electron chi connectivity index (χ1n) is 7.86. The van der Waals surface area contributed by atoms with Gasteiger partial charge in [0, 0.05) is 48.4 Å². The Morgan fingerprint density at radius 2 is 2.32 bits per heavy atom. The molecule has 7 nitrogen and oxygen atoms in total. The first-order valence-corrected chi connectivity index (χ1v) is 9.55.